The maximum Gasteiger partial charge on any atom is 0.253 e. The monoisotopic (exact) mass is 451 g/mol. The van der Waals surface area contributed by atoms with Gasteiger partial charge in [0.05, 0.1) is 0 Å². The van der Waals surface area contributed by atoms with E-state index in [1.807, 2.05) is 60.8 Å². The summed E-state index contributed by atoms with van der Waals surface area (Å²) in [5.41, 5.74) is 3.82. The molecule has 5 heteroatoms. The number of pyridine rings is 2. The van der Waals surface area contributed by atoms with E-state index in [2.05, 4.69) is 16.0 Å². The van der Waals surface area contributed by atoms with Crippen molar-refractivity contribution >= 4 is 22.5 Å². The minimum Gasteiger partial charge on any atom is -0.337 e. The van der Waals surface area contributed by atoms with Gasteiger partial charge in [-0.15, -0.1) is 0 Å². The van der Waals surface area contributed by atoms with Crippen molar-refractivity contribution in [3.63, 3.8) is 0 Å². The summed E-state index contributed by atoms with van der Waals surface area (Å²) in [5, 5.41) is 2.19. The molecule has 2 aromatic heterocycles. The summed E-state index contributed by atoms with van der Waals surface area (Å²) in [6.45, 7) is 0.513. The van der Waals surface area contributed by atoms with Crippen molar-refractivity contribution in [2.45, 2.75) is 32.7 Å². The number of amides is 1. The van der Waals surface area contributed by atoms with Crippen molar-refractivity contribution in [2.75, 3.05) is 7.05 Å². The fourth-order valence-electron chi connectivity index (χ4n) is 4.42. The van der Waals surface area contributed by atoms with E-state index in [9.17, 15) is 9.59 Å². The van der Waals surface area contributed by atoms with E-state index in [0.29, 0.717) is 18.5 Å². The molecule has 1 fully saturated rings. The lowest BCUT2D eigenvalue weighted by molar-refractivity contribution is -0.119. The maximum absolute atomic E-state index is 12.9. The zero-order valence-corrected chi connectivity index (χ0v) is 18.5. The van der Waals surface area contributed by atoms with Crippen LogP contribution in [0.3, 0.4) is 0 Å². The molecule has 1 amide bonds. The molecule has 1 aliphatic carbocycles. The Bertz CT molecular complexity index is 1300. The molecule has 1 saturated carbocycles. The highest BCUT2D eigenvalue weighted by Crippen LogP contribution is 2.48. The number of carbonyl (C=O) groups is 2. The second kappa shape index (κ2) is 9.96. The zero-order chi connectivity index (χ0) is 22.8. The number of rotatable bonds is 7. The highest BCUT2D eigenvalue weighted by molar-refractivity contribution is 5.94. The van der Waals surface area contributed by atoms with Crippen LogP contribution in [-0.4, -0.2) is 33.6 Å². The standard InChI is InChI=1S/C28H25N3O2.CH4/c1-31(18-20-3-2-11-29-16-20)28(33)22-8-6-21(7-9-22)25-15-26(25)27(32)14-19-4-5-24-17-30-12-10-23(24)13-19;/h2-13,16-17,25-26H,14-15,18H2,1H3;1H4/t25-,26+;/m0./s1. The van der Waals surface area contributed by atoms with Crippen LogP contribution in [0.2, 0.25) is 0 Å². The molecule has 2 atom stereocenters. The third-order valence-electron chi connectivity index (χ3n) is 6.36. The lowest BCUT2D eigenvalue weighted by Crippen LogP contribution is -2.26. The fourth-order valence-corrected chi connectivity index (χ4v) is 4.42. The van der Waals surface area contributed by atoms with Gasteiger partial charge in [-0.2, -0.15) is 0 Å². The number of ketones is 1. The third-order valence-corrected chi connectivity index (χ3v) is 6.36. The molecule has 1 aliphatic rings. The molecule has 2 heterocycles. The number of Topliss-reactive ketones (excluding diaryl/α,β-unsaturated/α-hetero) is 1. The van der Waals surface area contributed by atoms with Crippen LogP contribution in [0.4, 0.5) is 0 Å². The average Bonchev–Trinajstić information content (AvgIpc) is 3.65. The van der Waals surface area contributed by atoms with Crippen LogP contribution in [0.1, 0.15) is 46.8 Å². The van der Waals surface area contributed by atoms with Gasteiger partial charge < -0.3 is 4.90 Å². The number of fused-ring (bicyclic) bond motifs is 1. The zero-order valence-electron chi connectivity index (χ0n) is 18.5. The molecule has 0 aliphatic heterocycles. The predicted molar refractivity (Wildman–Crippen MR) is 135 cm³/mol. The molecule has 0 spiro atoms. The number of hydrogen-bond acceptors (Lipinski definition) is 4. The van der Waals surface area contributed by atoms with Crippen molar-refractivity contribution in [3.8, 4) is 0 Å². The van der Waals surface area contributed by atoms with E-state index < -0.39 is 0 Å². The van der Waals surface area contributed by atoms with Gasteiger partial charge in [-0.25, -0.2) is 0 Å². The number of benzene rings is 2. The van der Waals surface area contributed by atoms with Gasteiger partial charge >= 0.3 is 0 Å². The molecule has 5 rings (SSSR count). The van der Waals surface area contributed by atoms with Crippen LogP contribution in [-0.2, 0) is 17.8 Å². The molecule has 0 saturated heterocycles. The van der Waals surface area contributed by atoms with Crippen molar-refractivity contribution in [1.29, 1.82) is 0 Å². The van der Waals surface area contributed by atoms with Crippen molar-refractivity contribution < 1.29 is 9.59 Å². The summed E-state index contributed by atoms with van der Waals surface area (Å²) in [7, 11) is 1.79. The van der Waals surface area contributed by atoms with Crippen LogP contribution in [0, 0.1) is 5.92 Å². The normalized spacial score (nSPS) is 16.5. The minimum absolute atomic E-state index is 0. The smallest absolute Gasteiger partial charge is 0.253 e. The lowest BCUT2D eigenvalue weighted by Gasteiger charge is -2.17. The first-order chi connectivity index (χ1) is 16.1. The number of aromatic nitrogens is 2. The van der Waals surface area contributed by atoms with Crippen molar-refractivity contribution in [3.05, 3.63) is 108 Å². The molecule has 0 bridgehead atoms. The first-order valence-corrected chi connectivity index (χ1v) is 11.2. The average molecular weight is 452 g/mol. The number of hydrogen-bond donors (Lipinski definition) is 0. The molecule has 0 unspecified atom stereocenters. The maximum atomic E-state index is 12.9. The lowest BCUT2D eigenvalue weighted by atomic mass is 10.00. The first kappa shape index (κ1) is 23.3. The summed E-state index contributed by atoms with van der Waals surface area (Å²) >= 11 is 0. The predicted octanol–water partition coefficient (Wildman–Crippen LogP) is 5.45. The van der Waals surface area contributed by atoms with E-state index in [4.69, 9.17) is 0 Å². The van der Waals surface area contributed by atoms with Gasteiger partial charge in [0.1, 0.15) is 5.78 Å². The molecule has 5 nitrogen and oxygen atoms in total. The Balaban J connectivity index is 0.00000274. The van der Waals surface area contributed by atoms with Crippen LogP contribution >= 0.6 is 0 Å². The number of carbonyl (C=O) groups excluding carboxylic acids is 2. The van der Waals surface area contributed by atoms with E-state index >= 15 is 0 Å². The molecule has 4 aromatic rings. The Labute approximate surface area is 200 Å². The molecule has 34 heavy (non-hydrogen) atoms. The Hall–Kier alpha value is -3.86. The Morgan fingerprint density at radius 1 is 0.912 bits per heavy atom. The highest BCUT2D eigenvalue weighted by atomic mass is 16.2. The summed E-state index contributed by atoms with van der Waals surface area (Å²) in [6, 6.07) is 19.6. The van der Waals surface area contributed by atoms with Gasteiger partial charge in [0.2, 0.25) is 0 Å². The molecule has 0 radical (unpaired) electrons. The third kappa shape index (κ3) is 5.04. The fraction of sp³-hybridized carbons (Fsp3) is 0.241. The van der Waals surface area contributed by atoms with Gasteiger partial charge in [0.15, 0.2) is 0 Å². The van der Waals surface area contributed by atoms with Crippen LogP contribution in [0.15, 0.2) is 85.5 Å². The summed E-state index contributed by atoms with van der Waals surface area (Å²) < 4.78 is 0. The van der Waals surface area contributed by atoms with Gasteiger partial charge in [0, 0.05) is 61.7 Å². The SMILES string of the molecule is C.CN(Cc1cccnc1)C(=O)c1ccc([C@@H]2C[C@H]2C(=O)Cc2ccc3cnccc3c2)cc1. The van der Waals surface area contributed by atoms with Crippen molar-refractivity contribution in [1.82, 2.24) is 14.9 Å². The van der Waals surface area contributed by atoms with E-state index in [0.717, 1.165) is 33.9 Å². The molecule has 172 valence electrons. The van der Waals surface area contributed by atoms with Gasteiger partial charge in [-0.05, 0) is 58.7 Å². The second-order valence-electron chi connectivity index (χ2n) is 8.79. The number of nitrogens with zero attached hydrogens (tertiary/aromatic N) is 3. The summed E-state index contributed by atoms with van der Waals surface area (Å²) in [4.78, 5) is 35.5. The highest BCUT2D eigenvalue weighted by Gasteiger charge is 2.43. The minimum atomic E-state index is -0.0275. The Morgan fingerprint density at radius 3 is 2.47 bits per heavy atom. The van der Waals surface area contributed by atoms with Crippen molar-refractivity contribution in [2.24, 2.45) is 5.92 Å². The topological polar surface area (TPSA) is 63.2 Å². The molecular weight excluding hydrogens is 422 g/mol. The van der Waals surface area contributed by atoms with E-state index in [-0.39, 0.29) is 31.0 Å². The molecule has 0 N–H and O–H groups in total. The van der Waals surface area contributed by atoms with E-state index in [1.165, 1.54) is 0 Å². The van der Waals surface area contributed by atoms with E-state index in [1.54, 1.807) is 30.5 Å². The van der Waals surface area contributed by atoms with Gasteiger partial charge in [0.25, 0.3) is 5.91 Å². The van der Waals surface area contributed by atoms with Gasteiger partial charge in [-0.1, -0.05) is 43.8 Å². The van der Waals surface area contributed by atoms with Crippen LogP contribution in [0.25, 0.3) is 10.8 Å². The summed E-state index contributed by atoms with van der Waals surface area (Å²) in [5.74, 6) is 0.567. The molecular formula is C29H29N3O2. The first-order valence-electron chi connectivity index (χ1n) is 11.2. The Morgan fingerprint density at radius 2 is 1.71 bits per heavy atom. The van der Waals surface area contributed by atoms with Crippen LogP contribution in [0.5, 0.6) is 0 Å². The summed E-state index contributed by atoms with van der Waals surface area (Å²) in [6.07, 6.45) is 8.43. The quantitative estimate of drug-likeness (QED) is 0.375. The Kier molecular flexibility index (Phi) is 6.82. The van der Waals surface area contributed by atoms with Crippen LogP contribution < -0.4 is 0 Å². The molecule has 2 aromatic carbocycles. The van der Waals surface area contributed by atoms with Gasteiger partial charge in [-0.3, -0.25) is 19.6 Å². The largest absolute Gasteiger partial charge is 0.337 e. The second-order valence-corrected chi connectivity index (χ2v) is 8.79.